The molecule has 0 spiro atoms. The topological polar surface area (TPSA) is 109 Å². The number of ether oxygens (including phenoxy) is 8. The molecular formula is C46H68N3O9+. The summed E-state index contributed by atoms with van der Waals surface area (Å²) >= 11 is 0. The number of amides is 1. The van der Waals surface area contributed by atoms with Crippen molar-refractivity contribution in [2.75, 3.05) is 131 Å². The number of para-hydroxylation sites is 2. The van der Waals surface area contributed by atoms with Gasteiger partial charge in [0.25, 0.3) is 0 Å². The van der Waals surface area contributed by atoms with E-state index in [1.165, 1.54) is 33.9 Å². The molecule has 0 atom stereocenters. The van der Waals surface area contributed by atoms with Gasteiger partial charge in [-0.25, -0.2) is 0 Å². The van der Waals surface area contributed by atoms with E-state index in [2.05, 4.69) is 121 Å². The molecule has 12 nitrogen and oxygen atoms in total. The maximum atomic E-state index is 11.2. The second-order valence-electron chi connectivity index (χ2n) is 15.0. The number of carbonyl (C=O) groups excluding carboxylic acids is 1. The van der Waals surface area contributed by atoms with E-state index in [1.54, 1.807) is 14.2 Å². The predicted octanol–water partition coefficient (Wildman–Crippen LogP) is 5.76. The van der Waals surface area contributed by atoms with Crippen molar-refractivity contribution in [1.82, 2.24) is 5.32 Å². The minimum atomic E-state index is -0.160. The summed E-state index contributed by atoms with van der Waals surface area (Å²) in [4.78, 5) is 13.6. The molecule has 2 aromatic carbocycles. The van der Waals surface area contributed by atoms with Crippen LogP contribution in [0.15, 0.2) is 84.6 Å². The van der Waals surface area contributed by atoms with Crippen LogP contribution < -0.4 is 10.2 Å². The molecule has 1 amide bonds. The van der Waals surface area contributed by atoms with E-state index < -0.39 is 0 Å². The molecule has 0 aliphatic carbocycles. The molecule has 2 aliphatic heterocycles. The fourth-order valence-corrected chi connectivity index (χ4v) is 7.17. The van der Waals surface area contributed by atoms with Crippen LogP contribution in [0.4, 0.5) is 11.4 Å². The van der Waals surface area contributed by atoms with Crippen molar-refractivity contribution in [3.8, 4) is 0 Å². The van der Waals surface area contributed by atoms with Crippen LogP contribution in [0.1, 0.15) is 45.2 Å². The summed E-state index contributed by atoms with van der Waals surface area (Å²) in [5.41, 5.74) is 7.23. The Kier molecular flexibility index (Phi) is 20.8. The van der Waals surface area contributed by atoms with Gasteiger partial charge in [-0.1, -0.05) is 68.5 Å². The van der Waals surface area contributed by atoms with E-state index in [-0.39, 0.29) is 16.7 Å². The lowest BCUT2D eigenvalue weighted by molar-refractivity contribution is -0.442. The summed E-state index contributed by atoms with van der Waals surface area (Å²) in [6.45, 7) is 18.4. The maximum absolute atomic E-state index is 11.2. The van der Waals surface area contributed by atoms with Crippen LogP contribution in [-0.2, 0) is 53.5 Å². The van der Waals surface area contributed by atoms with E-state index in [9.17, 15) is 4.79 Å². The summed E-state index contributed by atoms with van der Waals surface area (Å²) in [5.74, 6) is -0.0319. The number of anilines is 1. The average molecular weight is 807 g/mol. The number of benzene rings is 2. The Balaban J connectivity index is 1.27. The average Bonchev–Trinajstić information content (AvgIpc) is 3.57. The summed E-state index contributed by atoms with van der Waals surface area (Å²) < 4.78 is 47.1. The summed E-state index contributed by atoms with van der Waals surface area (Å²) in [5, 5.41) is 2.57. The van der Waals surface area contributed by atoms with E-state index in [0.717, 1.165) is 13.1 Å². The van der Waals surface area contributed by atoms with Crippen LogP contribution >= 0.6 is 0 Å². The van der Waals surface area contributed by atoms with Crippen molar-refractivity contribution < 1.29 is 47.3 Å². The van der Waals surface area contributed by atoms with Gasteiger partial charge in [-0.15, -0.1) is 0 Å². The smallest absolute Gasteiger partial charge is 0.222 e. The van der Waals surface area contributed by atoms with Crippen LogP contribution in [0, 0.1) is 0 Å². The SMILES string of the molecule is CNC(=O)CCOCCOCCOCCOCCN1/C(=C/C=C\C=C/C2=[N+](CCOCCOCCOCCOC)c3ccccc3C2(C)C)C(C)(C)c2ccccc21. The Bertz CT molecular complexity index is 1650. The molecular weight excluding hydrogens is 739 g/mol. The standard InChI is InChI=1S/C46H67N3O9/c1-45(2)38-14-10-12-16-40(38)48(21-24-53-29-32-57-35-34-55-27-26-51-6)42(45)18-8-7-9-19-43-46(3,4)39-15-11-13-17-41(39)49(43)22-25-54-30-33-58-37-36-56-31-28-52-23-20-44(50)47-5/h7-19H,20-37H2,1-6H3/p+1. The molecule has 0 saturated heterocycles. The molecule has 0 unspecified atom stereocenters. The lowest BCUT2D eigenvalue weighted by atomic mass is 9.81. The molecule has 12 heteroatoms. The van der Waals surface area contributed by atoms with Gasteiger partial charge in [0.1, 0.15) is 6.61 Å². The second-order valence-corrected chi connectivity index (χ2v) is 15.0. The number of hydrogen-bond donors (Lipinski definition) is 1. The van der Waals surface area contributed by atoms with Gasteiger partial charge in [-0.3, -0.25) is 4.79 Å². The van der Waals surface area contributed by atoms with Crippen LogP contribution in [0.25, 0.3) is 0 Å². The molecule has 58 heavy (non-hydrogen) atoms. The Hall–Kier alpha value is -3.72. The highest BCUT2D eigenvalue weighted by Gasteiger charge is 2.44. The van der Waals surface area contributed by atoms with Crippen molar-refractivity contribution in [1.29, 1.82) is 0 Å². The number of nitrogens with zero attached hydrogens (tertiary/aromatic N) is 2. The molecule has 2 aromatic rings. The van der Waals surface area contributed by atoms with Crippen molar-refractivity contribution in [2.45, 2.75) is 44.9 Å². The third-order valence-electron chi connectivity index (χ3n) is 10.3. The van der Waals surface area contributed by atoms with Crippen LogP contribution in [0.3, 0.4) is 0 Å². The second kappa shape index (κ2) is 25.7. The summed E-state index contributed by atoms with van der Waals surface area (Å²) in [7, 11) is 3.28. The minimum Gasteiger partial charge on any atom is -0.382 e. The normalized spacial score (nSPS) is 16.3. The predicted molar refractivity (Wildman–Crippen MR) is 229 cm³/mol. The first-order chi connectivity index (χ1) is 28.2. The highest BCUT2D eigenvalue weighted by atomic mass is 16.6. The van der Waals surface area contributed by atoms with Gasteiger partial charge in [0.05, 0.1) is 97.9 Å². The van der Waals surface area contributed by atoms with E-state index >= 15 is 0 Å². The van der Waals surface area contributed by atoms with Gasteiger partial charge in [0, 0.05) is 61.6 Å². The maximum Gasteiger partial charge on any atom is 0.222 e. The number of hydrogen-bond acceptors (Lipinski definition) is 10. The van der Waals surface area contributed by atoms with Crippen molar-refractivity contribution >= 4 is 23.0 Å². The van der Waals surface area contributed by atoms with E-state index in [0.29, 0.717) is 106 Å². The molecule has 0 radical (unpaired) electrons. The fourth-order valence-electron chi connectivity index (χ4n) is 7.17. The monoisotopic (exact) mass is 806 g/mol. The third-order valence-corrected chi connectivity index (χ3v) is 10.3. The molecule has 2 heterocycles. The number of carbonyl (C=O) groups is 1. The zero-order chi connectivity index (χ0) is 41.5. The molecule has 4 rings (SSSR count). The lowest BCUT2D eigenvalue weighted by Crippen LogP contribution is -2.29. The number of allylic oxidation sites excluding steroid dienone is 6. The first-order valence-corrected chi connectivity index (χ1v) is 20.6. The quantitative estimate of drug-likeness (QED) is 0.0596. The van der Waals surface area contributed by atoms with E-state index in [1.807, 2.05) is 0 Å². The molecule has 0 fully saturated rings. The Labute approximate surface area is 346 Å². The Morgan fingerprint density at radius 1 is 0.638 bits per heavy atom. The summed E-state index contributed by atoms with van der Waals surface area (Å²) in [6.07, 6.45) is 11.2. The van der Waals surface area contributed by atoms with Crippen LogP contribution in [0.2, 0.25) is 0 Å². The van der Waals surface area contributed by atoms with Gasteiger partial charge in [-0.2, -0.15) is 4.58 Å². The van der Waals surface area contributed by atoms with Gasteiger partial charge in [-0.05, 0) is 31.6 Å². The Morgan fingerprint density at radius 3 is 1.79 bits per heavy atom. The molecule has 1 N–H and O–H groups in total. The van der Waals surface area contributed by atoms with Gasteiger partial charge in [0.15, 0.2) is 12.3 Å². The van der Waals surface area contributed by atoms with Gasteiger partial charge < -0.3 is 48.1 Å². The number of nitrogens with one attached hydrogen (secondary N) is 1. The minimum absolute atomic E-state index is 0.0319. The van der Waals surface area contributed by atoms with Crippen molar-refractivity contribution in [2.24, 2.45) is 0 Å². The van der Waals surface area contributed by atoms with Gasteiger partial charge >= 0.3 is 0 Å². The molecule has 0 saturated carbocycles. The zero-order valence-electron chi connectivity index (χ0n) is 35.8. The first kappa shape index (κ1) is 47.0. The first-order valence-electron chi connectivity index (χ1n) is 20.6. The highest BCUT2D eigenvalue weighted by molar-refractivity contribution is 6.03. The molecule has 0 aromatic heterocycles. The summed E-state index contributed by atoms with van der Waals surface area (Å²) in [6, 6.07) is 17.3. The van der Waals surface area contributed by atoms with Gasteiger partial charge in [0.2, 0.25) is 11.6 Å². The van der Waals surface area contributed by atoms with Crippen molar-refractivity contribution in [3.05, 3.63) is 95.7 Å². The highest BCUT2D eigenvalue weighted by Crippen LogP contribution is 2.47. The van der Waals surface area contributed by atoms with Crippen LogP contribution in [-0.4, -0.2) is 143 Å². The Morgan fingerprint density at radius 2 is 1.17 bits per heavy atom. The van der Waals surface area contributed by atoms with Crippen LogP contribution in [0.5, 0.6) is 0 Å². The molecule has 320 valence electrons. The number of rotatable bonds is 30. The third kappa shape index (κ3) is 14.2. The number of fused-ring (bicyclic) bond motifs is 2. The number of methoxy groups -OCH3 is 1. The largest absolute Gasteiger partial charge is 0.382 e. The molecule has 2 aliphatic rings. The van der Waals surface area contributed by atoms with Crippen molar-refractivity contribution in [3.63, 3.8) is 0 Å². The van der Waals surface area contributed by atoms with E-state index in [4.69, 9.17) is 37.9 Å². The zero-order valence-corrected chi connectivity index (χ0v) is 35.8. The fraction of sp³-hybridized carbons (Fsp3) is 0.565. The molecule has 0 bridgehead atoms. The lowest BCUT2D eigenvalue weighted by Gasteiger charge is -2.27.